The summed E-state index contributed by atoms with van der Waals surface area (Å²) in [6, 6.07) is -0.722. The first kappa shape index (κ1) is 12.7. The van der Waals surface area contributed by atoms with Gasteiger partial charge in [-0.25, -0.2) is 9.36 Å². The Morgan fingerprint density at radius 1 is 1.55 bits per heavy atom. The van der Waals surface area contributed by atoms with Gasteiger partial charge in [0, 0.05) is 0 Å². The summed E-state index contributed by atoms with van der Waals surface area (Å²) < 4.78 is 12.3. The van der Waals surface area contributed by atoms with Gasteiger partial charge in [0.25, 0.3) is 5.56 Å². The molecule has 2 bridgehead atoms. The Morgan fingerprint density at radius 3 is 2.95 bits per heavy atom. The van der Waals surface area contributed by atoms with Crippen molar-refractivity contribution >= 4 is 0 Å². The zero-order valence-corrected chi connectivity index (χ0v) is 10.4. The highest BCUT2D eigenvalue weighted by molar-refractivity contribution is 5.26. The quantitative estimate of drug-likeness (QED) is 0.442. The van der Waals surface area contributed by atoms with E-state index >= 15 is 0 Å². The van der Waals surface area contributed by atoms with Crippen molar-refractivity contribution in [2.45, 2.75) is 31.4 Å². The van der Waals surface area contributed by atoms with Gasteiger partial charge in [-0.15, -0.1) is 0 Å². The Hall–Kier alpha value is -2.29. The minimum absolute atomic E-state index is 0.0983. The summed E-state index contributed by atoms with van der Waals surface area (Å²) in [5.41, 5.74) is 5.83. The van der Waals surface area contributed by atoms with Crippen LogP contribution in [0.5, 0.6) is 5.88 Å². The summed E-state index contributed by atoms with van der Waals surface area (Å²) in [7, 11) is 0. The molecule has 1 aromatic rings. The lowest BCUT2D eigenvalue weighted by molar-refractivity contribution is -0.0280. The highest BCUT2D eigenvalue weighted by Gasteiger charge is 2.55. The molecule has 10 heteroatoms. The molecule has 0 saturated carbocycles. The Labute approximate surface area is 111 Å². The molecule has 0 aliphatic carbocycles. The number of nitrogens with one attached hydrogen (secondary N) is 2. The predicted octanol–water partition coefficient (Wildman–Crippen LogP) is -1.59. The number of hydrogen-bond acceptors (Lipinski definition) is 7. The van der Waals surface area contributed by atoms with Gasteiger partial charge in [-0.2, -0.15) is 0 Å². The molecule has 20 heavy (non-hydrogen) atoms. The van der Waals surface area contributed by atoms with E-state index in [9.17, 15) is 14.7 Å². The largest absolute Gasteiger partial charge is 0.469 e. The van der Waals surface area contributed by atoms with Crippen LogP contribution in [0.3, 0.4) is 0 Å². The minimum atomic E-state index is -0.863. The molecule has 3 rings (SSSR count). The summed E-state index contributed by atoms with van der Waals surface area (Å²) in [4.78, 5) is 28.6. The fraction of sp³-hybridized carbons (Fsp3) is 0.600. The zero-order valence-electron chi connectivity index (χ0n) is 10.4. The van der Waals surface area contributed by atoms with Gasteiger partial charge in [0.15, 0.2) is 12.3 Å². The molecule has 4 atom stereocenters. The normalized spacial score (nSPS) is 30.3. The summed E-state index contributed by atoms with van der Waals surface area (Å²) in [6.07, 6.45) is -2.26. The highest BCUT2D eigenvalue weighted by Crippen LogP contribution is 2.40. The van der Waals surface area contributed by atoms with Crippen molar-refractivity contribution < 1.29 is 14.6 Å². The zero-order chi connectivity index (χ0) is 14.4. The highest BCUT2D eigenvalue weighted by atomic mass is 16.6. The number of aliphatic hydroxyl groups is 1. The summed E-state index contributed by atoms with van der Waals surface area (Å²) in [5, 5.41) is 13.0. The van der Waals surface area contributed by atoms with E-state index in [0.29, 0.717) is 0 Å². The maximum absolute atomic E-state index is 11.9. The summed E-state index contributed by atoms with van der Waals surface area (Å²) in [5.74, 6) is 0.0983. The fourth-order valence-corrected chi connectivity index (χ4v) is 2.54. The second-order valence-electron chi connectivity index (χ2n) is 4.60. The van der Waals surface area contributed by atoms with Crippen LogP contribution in [0.2, 0.25) is 0 Å². The predicted molar refractivity (Wildman–Crippen MR) is 62.5 cm³/mol. The van der Waals surface area contributed by atoms with E-state index in [4.69, 9.17) is 15.0 Å². The van der Waals surface area contributed by atoms with Crippen molar-refractivity contribution in [2.24, 2.45) is 5.11 Å². The van der Waals surface area contributed by atoms with Crippen LogP contribution in [0, 0.1) is 12.5 Å². The van der Waals surface area contributed by atoms with E-state index in [1.54, 1.807) is 0 Å². The van der Waals surface area contributed by atoms with Crippen LogP contribution in [-0.4, -0.2) is 39.5 Å². The van der Waals surface area contributed by atoms with Gasteiger partial charge in [-0.3, -0.25) is 9.78 Å². The lowest BCUT2D eigenvalue weighted by Gasteiger charge is -2.27. The third kappa shape index (κ3) is 1.56. The fourth-order valence-electron chi connectivity index (χ4n) is 2.54. The van der Waals surface area contributed by atoms with Crippen LogP contribution in [0.1, 0.15) is 11.8 Å². The number of aromatic nitrogens is 2. The van der Waals surface area contributed by atoms with Crippen LogP contribution in [0.15, 0.2) is 14.7 Å². The molecule has 4 unspecified atom stereocenters. The third-order valence-electron chi connectivity index (χ3n) is 3.50. The standard InChI is InChI=1S/C10H11N5O5/c1-3-7(17)12-10(18)15-8(3)20-6-4(2-16)19-9(15)5(6)13-14-11/h4-6,9,11,16H,2H2,1H3/p+1. The third-order valence-corrected chi connectivity index (χ3v) is 3.50. The molecular formula is C10H12N5O5+. The average Bonchev–Trinajstić information content (AvgIpc) is 2.65. The molecule has 3 N–H and O–H groups in total. The Bertz CT molecular complexity index is 718. The molecule has 106 valence electrons. The molecule has 0 radical (unpaired) electrons. The first-order valence-electron chi connectivity index (χ1n) is 5.93. The van der Waals surface area contributed by atoms with Crippen molar-refractivity contribution in [3.05, 3.63) is 26.4 Å². The van der Waals surface area contributed by atoms with Gasteiger partial charge in [0.05, 0.1) is 12.2 Å². The van der Waals surface area contributed by atoms with E-state index in [-0.39, 0.29) is 18.1 Å². The summed E-state index contributed by atoms with van der Waals surface area (Å²) in [6.45, 7) is 1.19. The summed E-state index contributed by atoms with van der Waals surface area (Å²) >= 11 is 0. The Balaban J connectivity index is 2.23. The molecule has 2 aliphatic heterocycles. The SMILES string of the molecule is Cc1c2n(c(=O)[nH]c1=O)C1OC(CO)C(O2)C1N=[N+]=N. The molecule has 0 amide bonds. The van der Waals surface area contributed by atoms with E-state index in [2.05, 4.69) is 15.0 Å². The second kappa shape index (κ2) is 4.37. The van der Waals surface area contributed by atoms with Gasteiger partial charge in [0.1, 0.15) is 16.7 Å². The lowest BCUT2D eigenvalue weighted by Crippen LogP contribution is -2.46. The molecule has 0 spiro atoms. The number of aromatic amines is 1. The number of rotatable bonds is 2. The van der Waals surface area contributed by atoms with Gasteiger partial charge >= 0.3 is 5.69 Å². The van der Waals surface area contributed by atoms with Crippen molar-refractivity contribution in [2.75, 3.05) is 6.61 Å². The number of nitrogens with zero attached hydrogens (tertiary/aromatic N) is 3. The van der Waals surface area contributed by atoms with Crippen LogP contribution >= 0.6 is 0 Å². The monoisotopic (exact) mass is 282 g/mol. The van der Waals surface area contributed by atoms with Crippen molar-refractivity contribution in [1.82, 2.24) is 14.5 Å². The second-order valence-corrected chi connectivity index (χ2v) is 4.60. The first-order chi connectivity index (χ1) is 9.58. The number of aliphatic hydroxyl groups excluding tert-OH is 1. The van der Waals surface area contributed by atoms with E-state index in [0.717, 1.165) is 4.57 Å². The molecular weight excluding hydrogens is 270 g/mol. The molecule has 2 aliphatic rings. The van der Waals surface area contributed by atoms with E-state index in [1.165, 1.54) is 6.92 Å². The topological polar surface area (TPSA) is 144 Å². The van der Waals surface area contributed by atoms with Crippen molar-refractivity contribution in [3.8, 4) is 5.88 Å². The van der Waals surface area contributed by atoms with Gasteiger partial charge in [0.2, 0.25) is 16.8 Å². The van der Waals surface area contributed by atoms with Crippen LogP contribution in [-0.2, 0) is 4.74 Å². The van der Waals surface area contributed by atoms with Gasteiger partial charge < -0.3 is 14.6 Å². The molecule has 1 aromatic heterocycles. The molecule has 10 nitrogen and oxygen atoms in total. The number of hydrogen-bond donors (Lipinski definition) is 3. The number of ether oxygens (including phenoxy) is 2. The van der Waals surface area contributed by atoms with Crippen LogP contribution in [0.4, 0.5) is 0 Å². The van der Waals surface area contributed by atoms with Gasteiger partial charge in [-0.1, -0.05) is 0 Å². The van der Waals surface area contributed by atoms with Crippen LogP contribution in [0.25, 0.3) is 0 Å². The molecule has 3 heterocycles. The van der Waals surface area contributed by atoms with E-state index in [1.807, 2.05) is 0 Å². The lowest BCUT2D eigenvalue weighted by atomic mass is 10.1. The molecule has 1 saturated heterocycles. The molecule has 1 fully saturated rings. The van der Waals surface area contributed by atoms with Gasteiger partial charge in [-0.05, 0) is 6.92 Å². The number of fused-ring (bicyclic) bond motifs is 4. The smallest absolute Gasteiger partial charge is 0.333 e. The average molecular weight is 282 g/mol. The Morgan fingerprint density at radius 2 is 2.30 bits per heavy atom. The van der Waals surface area contributed by atoms with Crippen molar-refractivity contribution in [1.29, 1.82) is 5.53 Å². The molecule has 0 aromatic carbocycles. The van der Waals surface area contributed by atoms with Crippen molar-refractivity contribution in [3.63, 3.8) is 0 Å². The maximum atomic E-state index is 11.9. The van der Waals surface area contributed by atoms with E-state index < -0.39 is 35.7 Å². The van der Waals surface area contributed by atoms with Crippen LogP contribution < -0.4 is 20.9 Å². The number of H-pyrrole nitrogens is 1. The maximum Gasteiger partial charge on any atom is 0.333 e. The minimum Gasteiger partial charge on any atom is -0.469 e. The first-order valence-corrected chi connectivity index (χ1v) is 5.93. The Kier molecular flexibility index (Phi) is 2.78.